The Morgan fingerprint density at radius 2 is 1.95 bits per heavy atom. The second-order valence-electron chi connectivity index (χ2n) is 4.96. The van der Waals surface area contributed by atoms with Crippen LogP contribution < -0.4 is 5.32 Å². The molecule has 20 heavy (non-hydrogen) atoms. The van der Waals surface area contributed by atoms with Gasteiger partial charge in [-0.25, -0.2) is 0 Å². The van der Waals surface area contributed by atoms with E-state index in [2.05, 4.69) is 24.4 Å². The molecule has 1 aromatic heterocycles. The highest BCUT2D eigenvalue weighted by molar-refractivity contribution is 7.10. The minimum absolute atomic E-state index is 0.0474. The topological polar surface area (TPSA) is 29.1 Å². The average Bonchev–Trinajstić information content (AvgIpc) is 2.94. The molecule has 0 unspecified atom stereocenters. The summed E-state index contributed by atoms with van der Waals surface area (Å²) in [7, 11) is 0. The molecule has 0 saturated carbocycles. The van der Waals surface area contributed by atoms with Gasteiger partial charge in [-0.2, -0.15) is 0 Å². The largest absolute Gasteiger partial charge is 0.326 e. The number of carbonyl (C=O) groups is 1. The van der Waals surface area contributed by atoms with Gasteiger partial charge in [-0.15, -0.1) is 11.3 Å². The number of aryl methyl sites for hydroxylation is 1. The molecule has 0 aliphatic heterocycles. The van der Waals surface area contributed by atoms with E-state index in [9.17, 15) is 4.79 Å². The summed E-state index contributed by atoms with van der Waals surface area (Å²) < 4.78 is 0. The molecule has 2 nitrogen and oxygen atoms in total. The Balaban J connectivity index is 1.82. The highest BCUT2D eigenvalue weighted by Gasteiger charge is 2.04. The second-order valence-corrected chi connectivity index (χ2v) is 5.99. The van der Waals surface area contributed by atoms with Gasteiger partial charge in [-0.1, -0.05) is 38.0 Å². The normalized spacial score (nSPS) is 10.4. The van der Waals surface area contributed by atoms with Gasteiger partial charge in [-0.3, -0.25) is 4.79 Å². The van der Waals surface area contributed by atoms with Crippen LogP contribution >= 0.6 is 11.3 Å². The molecule has 0 bridgehead atoms. The van der Waals surface area contributed by atoms with Crippen LogP contribution in [0.15, 0.2) is 41.8 Å². The lowest BCUT2D eigenvalue weighted by molar-refractivity contribution is -0.115. The van der Waals surface area contributed by atoms with Crippen molar-refractivity contribution in [3.63, 3.8) is 0 Å². The first-order valence-electron chi connectivity index (χ1n) is 7.19. The summed E-state index contributed by atoms with van der Waals surface area (Å²) in [6.45, 7) is 2.21. The maximum absolute atomic E-state index is 11.9. The van der Waals surface area contributed by atoms with E-state index in [1.54, 1.807) is 11.3 Å². The maximum Gasteiger partial charge on any atom is 0.229 e. The number of carbonyl (C=O) groups excluding carboxylic acids is 1. The zero-order chi connectivity index (χ0) is 14.2. The van der Waals surface area contributed by atoms with Crippen molar-refractivity contribution in [2.75, 3.05) is 5.32 Å². The molecule has 0 radical (unpaired) electrons. The molecule has 2 aromatic rings. The molecule has 0 atom stereocenters. The zero-order valence-corrected chi connectivity index (χ0v) is 12.7. The number of benzene rings is 1. The third-order valence-electron chi connectivity index (χ3n) is 3.22. The Bertz CT molecular complexity index is 516. The molecule has 0 aliphatic rings. The highest BCUT2D eigenvalue weighted by Crippen LogP contribution is 2.14. The summed E-state index contributed by atoms with van der Waals surface area (Å²) in [5, 5.41) is 4.94. The number of hydrogen-bond donors (Lipinski definition) is 1. The standard InChI is InChI=1S/C17H21NOS/c1-2-3-4-6-14-8-10-15(11-9-14)18-17(19)13-16-7-5-12-20-16/h5,7-12H,2-4,6,13H2,1H3,(H,18,19). The van der Waals surface area contributed by atoms with Crippen molar-refractivity contribution in [1.82, 2.24) is 0 Å². The number of thiophene rings is 1. The monoisotopic (exact) mass is 287 g/mol. The number of hydrogen-bond acceptors (Lipinski definition) is 2. The van der Waals surface area contributed by atoms with Gasteiger partial charge in [0.15, 0.2) is 0 Å². The first-order valence-corrected chi connectivity index (χ1v) is 8.07. The van der Waals surface area contributed by atoms with Gasteiger partial charge in [0, 0.05) is 10.6 Å². The lowest BCUT2D eigenvalue weighted by atomic mass is 10.1. The minimum Gasteiger partial charge on any atom is -0.326 e. The fraction of sp³-hybridized carbons (Fsp3) is 0.353. The summed E-state index contributed by atoms with van der Waals surface area (Å²) in [4.78, 5) is 13.0. The molecule has 106 valence electrons. The Kier molecular flexibility index (Phi) is 5.81. The Morgan fingerprint density at radius 3 is 2.60 bits per heavy atom. The van der Waals surface area contributed by atoms with E-state index < -0.39 is 0 Å². The van der Waals surface area contributed by atoms with Gasteiger partial charge in [0.2, 0.25) is 5.91 Å². The minimum atomic E-state index is 0.0474. The summed E-state index contributed by atoms with van der Waals surface area (Å²) in [5.41, 5.74) is 2.22. The molecular weight excluding hydrogens is 266 g/mol. The molecule has 0 saturated heterocycles. The molecule has 0 aliphatic carbocycles. The zero-order valence-electron chi connectivity index (χ0n) is 11.9. The van der Waals surface area contributed by atoms with Crippen LogP contribution in [0.2, 0.25) is 0 Å². The molecule has 1 heterocycles. The summed E-state index contributed by atoms with van der Waals surface area (Å²) in [6.07, 6.45) is 5.34. The van der Waals surface area contributed by atoms with E-state index in [1.165, 1.54) is 24.8 Å². The summed E-state index contributed by atoms with van der Waals surface area (Å²) in [5.74, 6) is 0.0474. The van der Waals surface area contributed by atoms with Crippen LogP contribution in [-0.2, 0) is 17.6 Å². The first-order chi connectivity index (χ1) is 9.78. The number of rotatable bonds is 7. The Labute approximate surface area is 124 Å². The van der Waals surface area contributed by atoms with Crippen LogP contribution in [0.3, 0.4) is 0 Å². The quantitative estimate of drug-likeness (QED) is 0.737. The smallest absolute Gasteiger partial charge is 0.229 e. The van der Waals surface area contributed by atoms with Gasteiger partial charge in [0.1, 0.15) is 0 Å². The average molecular weight is 287 g/mol. The van der Waals surface area contributed by atoms with E-state index in [0.29, 0.717) is 6.42 Å². The van der Waals surface area contributed by atoms with E-state index >= 15 is 0 Å². The van der Waals surface area contributed by atoms with E-state index in [0.717, 1.165) is 17.0 Å². The van der Waals surface area contributed by atoms with Crippen LogP contribution in [0.1, 0.15) is 36.6 Å². The number of amides is 1. The third kappa shape index (κ3) is 4.82. The van der Waals surface area contributed by atoms with Crippen molar-refractivity contribution in [3.05, 3.63) is 52.2 Å². The molecule has 0 fully saturated rings. The van der Waals surface area contributed by atoms with Crippen molar-refractivity contribution in [1.29, 1.82) is 0 Å². The predicted octanol–water partition coefficient (Wildman–Crippen LogP) is 4.66. The van der Waals surface area contributed by atoms with E-state index in [1.807, 2.05) is 29.6 Å². The van der Waals surface area contributed by atoms with Crippen LogP contribution in [0, 0.1) is 0 Å². The number of unbranched alkanes of at least 4 members (excludes halogenated alkanes) is 2. The molecule has 1 amide bonds. The fourth-order valence-corrected chi connectivity index (χ4v) is 2.81. The van der Waals surface area contributed by atoms with E-state index in [-0.39, 0.29) is 5.91 Å². The Morgan fingerprint density at radius 1 is 1.15 bits per heavy atom. The van der Waals surface area contributed by atoms with Crippen LogP contribution in [0.4, 0.5) is 5.69 Å². The summed E-state index contributed by atoms with van der Waals surface area (Å²) in [6, 6.07) is 12.2. The number of anilines is 1. The Hall–Kier alpha value is -1.61. The maximum atomic E-state index is 11.9. The lowest BCUT2D eigenvalue weighted by Gasteiger charge is -2.06. The van der Waals surface area contributed by atoms with Crippen molar-refractivity contribution in [3.8, 4) is 0 Å². The fourth-order valence-electron chi connectivity index (χ4n) is 2.11. The van der Waals surface area contributed by atoms with Crippen molar-refractivity contribution in [2.24, 2.45) is 0 Å². The van der Waals surface area contributed by atoms with Gasteiger partial charge < -0.3 is 5.32 Å². The molecular formula is C17H21NOS. The molecule has 2 rings (SSSR count). The van der Waals surface area contributed by atoms with Gasteiger partial charge >= 0.3 is 0 Å². The van der Waals surface area contributed by atoms with Crippen molar-refractivity contribution < 1.29 is 4.79 Å². The molecule has 0 spiro atoms. The SMILES string of the molecule is CCCCCc1ccc(NC(=O)Cc2cccs2)cc1. The second kappa shape index (κ2) is 7.85. The highest BCUT2D eigenvalue weighted by atomic mass is 32.1. The third-order valence-corrected chi connectivity index (χ3v) is 4.10. The van der Waals surface area contributed by atoms with Crippen LogP contribution in [0.25, 0.3) is 0 Å². The predicted molar refractivity (Wildman–Crippen MR) is 86.3 cm³/mol. The first kappa shape index (κ1) is 14.8. The van der Waals surface area contributed by atoms with Gasteiger partial charge in [0.05, 0.1) is 6.42 Å². The van der Waals surface area contributed by atoms with Crippen LogP contribution in [-0.4, -0.2) is 5.91 Å². The molecule has 3 heteroatoms. The van der Waals surface area contributed by atoms with Gasteiger partial charge in [-0.05, 0) is 42.0 Å². The lowest BCUT2D eigenvalue weighted by Crippen LogP contribution is -2.13. The summed E-state index contributed by atoms with van der Waals surface area (Å²) >= 11 is 1.61. The number of nitrogens with one attached hydrogen (secondary N) is 1. The van der Waals surface area contributed by atoms with Crippen LogP contribution in [0.5, 0.6) is 0 Å². The van der Waals surface area contributed by atoms with Crippen molar-refractivity contribution in [2.45, 2.75) is 39.0 Å². The molecule has 1 aromatic carbocycles. The molecule has 1 N–H and O–H groups in total. The van der Waals surface area contributed by atoms with Gasteiger partial charge in [0.25, 0.3) is 0 Å². The van der Waals surface area contributed by atoms with Crippen molar-refractivity contribution >= 4 is 22.9 Å². The van der Waals surface area contributed by atoms with E-state index in [4.69, 9.17) is 0 Å².